The van der Waals surface area contributed by atoms with Crippen molar-refractivity contribution in [2.45, 2.75) is 26.2 Å². The lowest BCUT2D eigenvalue weighted by Crippen LogP contribution is -2.22. The molecule has 0 aliphatic rings. The first-order valence-electron chi connectivity index (χ1n) is 8.90. The van der Waals surface area contributed by atoms with Crippen LogP contribution in [0.5, 0.6) is 0 Å². The zero-order valence-electron chi connectivity index (χ0n) is 15.1. The van der Waals surface area contributed by atoms with E-state index in [9.17, 15) is 0 Å². The molecule has 0 saturated carbocycles. The summed E-state index contributed by atoms with van der Waals surface area (Å²) < 4.78 is 0. The van der Waals surface area contributed by atoms with Crippen LogP contribution in [0.1, 0.15) is 27.8 Å². The molecule has 3 nitrogen and oxygen atoms in total. The summed E-state index contributed by atoms with van der Waals surface area (Å²) in [5.41, 5.74) is 11.0. The smallest absolute Gasteiger partial charge is 0.0991 e. The first-order valence-corrected chi connectivity index (χ1v) is 9.28. The van der Waals surface area contributed by atoms with Crippen LogP contribution in [0.4, 0.5) is 0 Å². The van der Waals surface area contributed by atoms with Gasteiger partial charge in [0.05, 0.1) is 11.6 Å². The first kappa shape index (κ1) is 19.1. The first-order chi connectivity index (χ1) is 13.2. The van der Waals surface area contributed by atoms with Crippen LogP contribution < -0.4 is 5.73 Å². The molecule has 0 aromatic heterocycles. The van der Waals surface area contributed by atoms with Crippen LogP contribution in [0, 0.1) is 11.3 Å². The maximum absolute atomic E-state index is 9.16. The zero-order chi connectivity index (χ0) is 19.1. The summed E-state index contributed by atoms with van der Waals surface area (Å²) in [6.45, 7) is 2.87. The van der Waals surface area contributed by atoms with Crippen LogP contribution in [-0.2, 0) is 26.2 Å². The number of rotatable bonds is 7. The molecule has 0 aliphatic carbocycles. The Labute approximate surface area is 165 Å². The minimum atomic E-state index is 0.549. The molecule has 27 heavy (non-hydrogen) atoms. The molecule has 0 spiro atoms. The van der Waals surface area contributed by atoms with E-state index in [0.29, 0.717) is 12.1 Å². The van der Waals surface area contributed by atoms with Gasteiger partial charge in [0.1, 0.15) is 0 Å². The highest BCUT2D eigenvalue weighted by atomic mass is 35.5. The molecule has 4 heteroatoms. The fraction of sp³-hybridized carbons (Fsp3) is 0.174. The molecule has 0 amide bonds. The molecule has 3 aromatic rings. The standard InChI is InChI=1S/C23H22ClN3/c24-23-6-2-5-22(12-23)17-27(15-19-9-7-18(13-25)8-10-19)16-21-4-1-3-20(11-21)14-26/h1-12H,13,15-17,25H2. The lowest BCUT2D eigenvalue weighted by atomic mass is 10.1. The van der Waals surface area contributed by atoms with E-state index in [0.717, 1.165) is 41.3 Å². The molecule has 0 saturated heterocycles. The Balaban J connectivity index is 1.81. The van der Waals surface area contributed by atoms with Gasteiger partial charge in [-0.25, -0.2) is 0 Å². The van der Waals surface area contributed by atoms with E-state index in [2.05, 4.69) is 47.4 Å². The van der Waals surface area contributed by atoms with Gasteiger partial charge in [0.25, 0.3) is 0 Å². The molecule has 136 valence electrons. The molecule has 0 heterocycles. The summed E-state index contributed by atoms with van der Waals surface area (Å²) in [7, 11) is 0. The molecule has 3 rings (SSSR count). The van der Waals surface area contributed by atoms with E-state index in [1.807, 2.05) is 36.4 Å². The molecule has 0 radical (unpaired) electrons. The largest absolute Gasteiger partial charge is 0.326 e. The molecule has 0 bridgehead atoms. The van der Waals surface area contributed by atoms with E-state index in [1.165, 1.54) is 5.56 Å². The Morgan fingerprint density at radius 3 is 2.00 bits per heavy atom. The van der Waals surface area contributed by atoms with Crippen molar-refractivity contribution in [1.29, 1.82) is 5.26 Å². The van der Waals surface area contributed by atoms with E-state index in [1.54, 1.807) is 0 Å². The zero-order valence-corrected chi connectivity index (χ0v) is 15.9. The molecule has 0 atom stereocenters. The second-order valence-corrected chi connectivity index (χ2v) is 7.04. The van der Waals surface area contributed by atoms with Gasteiger partial charge in [0.15, 0.2) is 0 Å². The number of hydrogen-bond donors (Lipinski definition) is 1. The quantitative estimate of drug-likeness (QED) is 0.640. The van der Waals surface area contributed by atoms with Gasteiger partial charge in [-0.2, -0.15) is 5.26 Å². The lowest BCUT2D eigenvalue weighted by Gasteiger charge is -2.23. The van der Waals surface area contributed by atoms with Crippen LogP contribution in [0.25, 0.3) is 0 Å². The number of halogens is 1. The van der Waals surface area contributed by atoms with Crippen LogP contribution in [-0.4, -0.2) is 4.90 Å². The summed E-state index contributed by atoms with van der Waals surface area (Å²) in [6.07, 6.45) is 0. The highest BCUT2D eigenvalue weighted by Crippen LogP contribution is 2.18. The predicted octanol–water partition coefficient (Wildman–Crippen LogP) is 4.87. The lowest BCUT2D eigenvalue weighted by molar-refractivity contribution is 0.247. The van der Waals surface area contributed by atoms with Crippen molar-refractivity contribution < 1.29 is 0 Å². The Bertz CT molecular complexity index is 929. The van der Waals surface area contributed by atoms with Crippen molar-refractivity contribution in [1.82, 2.24) is 4.90 Å². The molecule has 2 N–H and O–H groups in total. The van der Waals surface area contributed by atoms with Crippen molar-refractivity contribution in [3.8, 4) is 6.07 Å². The summed E-state index contributed by atoms with van der Waals surface area (Å²) in [6, 6.07) is 26.3. The van der Waals surface area contributed by atoms with Gasteiger partial charge in [0.2, 0.25) is 0 Å². The maximum Gasteiger partial charge on any atom is 0.0991 e. The fourth-order valence-electron chi connectivity index (χ4n) is 3.10. The van der Waals surface area contributed by atoms with Gasteiger partial charge in [-0.05, 0) is 46.5 Å². The van der Waals surface area contributed by atoms with Gasteiger partial charge in [-0.1, -0.05) is 60.1 Å². The average molecular weight is 376 g/mol. The number of nitrogens with two attached hydrogens (primary N) is 1. The molecular weight excluding hydrogens is 354 g/mol. The van der Waals surface area contributed by atoms with Crippen LogP contribution in [0.2, 0.25) is 5.02 Å². The third-order valence-electron chi connectivity index (χ3n) is 4.42. The summed E-state index contributed by atoms with van der Waals surface area (Å²) >= 11 is 6.16. The van der Waals surface area contributed by atoms with Crippen molar-refractivity contribution >= 4 is 11.6 Å². The van der Waals surface area contributed by atoms with Crippen molar-refractivity contribution in [2.75, 3.05) is 0 Å². The molecule has 0 unspecified atom stereocenters. The van der Waals surface area contributed by atoms with E-state index in [-0.39, 0.29) is 0 Å². The topological polar surface area (TPSA) is 53.0 Å². The van der Waals surface area contributed by atoms with Gasteiger partial charge in [-0.3, -0.25) is 4.90 Å². The SMILES string of the molecule is N#Cc1cccc(CN(Cc2ccc(CN)cc2)Cc2cccc(Cl)c2)c1. The summed E-state index contributed by atoms with van der Waals surface area (Å²) in [5, 5.41) is 9.90. The molecule has 0 aliphatic heterocycles. The van der Waals surface area contributed by atoms with Crippen LogP contribution >= 0.6 is 11.6 Å². The second-order valence-electron chi connectivity index (χ2n) is 6.61. The Morgan fingerprint density at radius 2 is 1.37 bits per heavy atom. The van der Waals surface area contributed by atoms with Crippen LogP contribution in [0.15, 0.2) is 72.8 Å². The predicted molar refractivity (Wildman–Crippen MR) is 110 cm³/mol. The molecule has 3 aromatic carbocycles. The number of nitriles is 1. The third kappa shape index (κ3) is 5.67. The van der Waals surface area contributed by atoms with E-state index >= 15 is 0 Å². The number of hydrogen-bond acceptors (Lipinski definition) is 3. The third-order valence-corrected chi connectivity index (χ3v) is 4.66. The highest BCUT2D eigenvalue weighted by Gasteiger charge is 2.10. The summed E-state index contributed by atoms with van der Waals surface area (Å²) in [5.74, 6) is 0. The maximum atomic E-state index is 9.16. The van der Waals surface area contributed by atoms with Gasteiger partial charge in [0, 0.05) is 31.2 Å². The Hall–Kier alpha value is -2.64. The van der Waals surface area contributed by atoms with E-state index in [4.69, 9.17) is 22.6 Å². The second kappa shape index (κ2) is 9.34. The minimum Gasteiger partial charge on any atom is -0.326 e. The fourth-order valence-corrected chi connectivity index (χ4v) is 3.31. The Morgan fingerprint density at radius 1 is 0.778 bits per heavy atom. The Kier molecular flexibility index (Phi) is 6.62. The van der Waals surface area contributed by atoms with Crippen molar-refractivity contribution in [3.63, 3.8) is 0 Å². The van der Waals surface area contributed by atoms with Crippen molar-refractivity contribution in [3.05, 3.63) is 106 Å². The van der Waals surface area contributed by atoms with Gasteiger partial charge >= 0.3 is 0 Å². The highest BCUT2D eigenvalue weighted by molar-refractivity contribution is 6.30. The van der Waals surface area contributed by atoms with E-state index < -0.39 is 0 Å². The number of nitrogens with zero attached hydrogens (tertiary/aromatic N) is 2. The van der Waals surface area contributed by atoms with Crippen LogP contribution in [0.3, 0.4) is 0 Å². The van der Waals surface area contributed by atoms with Gasteiger partial charge in [-0.15, -0.1) is 0 Å². The minimum absolute atomic E-state index is 0.549. The summed E-state index contributed by atoms with van der Waals surface area (Å²) in [4.78, 5) is 2.35. The van der Waals surface area contributed by atoms with Gasteiger partial charge < -0.3 is 5.73 Å². The number of benzene rings is 3. The average Bonchev–Trinajstić information content (AvgIpc) is 2.69. The monoisotopic (exact) mass is 375 g/mol. The normalized spacial score (nSPS) is 10.7. The van der Waals surface area contributed by atoms with Crippen molar-refractivity contribution in [2.24, 2.45) is 5.73 Å². The molecular formula is C23H22ClN3. The molecule has 0 fully saturated rings.